The van der Waals surface area contributed by atoms with E-state index < -0.39 is 0 Å². The summed E-state index contributed by atoms with van der Waals surface area (Å²) in [6.45, 7) is 4.94. The molecule has 2 aromatic rings. The maximum atomic E-state index is 5.77. The summed E-state index contributed by atoms with van der Waals surface area (Å²) in [5.74, 6) is 1.39. The fourth-order valence-electron chi connectivity index (χ4n) is 1.52. The van der Waals surface area contributed by atoms with Crippen molar-refractivity contribution in [1.82, 2.24) is 25.3 Å². The Balaban J connectivity index is 2.35. The fourth-order valence-corrected chi connectivity index (χ4v) is 1.70. The highest BCUT2D eigenvalue weighted by Gasteiger charge is 2.12. The van der Waals surface area contributed by atoms with Crippen LogP contribution in [-0.2, 0) is 0 Å². The number of aromatic nitrogens is 5. The zero-order valence-corrected chi connectivity index (χ0v) is 9.96. The molecule has 0 aromatic carbocycles. The molecule has 2 rings (SSSR count). The Hall–Kier alpha value is -1.43. The monoisotopic (exact) mass is 240 g/mol. The maximum absolute atomic E-state index is 5.77. The number of fused-ring (bicyclic) bond motifs is 1. The third-order valence-corrected chi connectivity index (χ3v) is 2.47. The molecule has 0 radical (unpaired) electrons. The van der Waals surface area contributed by atoms with E-state index in [4.69, 9.17) is 11.6 Å². The number of nitrogens with zero attached hydrogens (tertiary/aromatic N) is 6. The Bertz CT molecular complexity index is 468. The van der Waals surface area contributed by atoms with Crippen molar-refractivity contribution in [3.63, 3.8) is 0 Å². The van der Waals surface area contributed by atoms with Crippen LogP contribution in [0.25, 0.3) is 5.65 Å². The predicted octanol–water partition coefficient (Wildman–Crippen LogP) is 0.973. The zero-order valence-electron chi connectivity index (χ0n) is 9.21. The smallest absolute Gasteiger partial charge is 0.200 e. The van der Waals surface area contributed by atoms with Crippen molar-refractivity contribution in [2.45, 2.75) is 19.9 Å². The van der Waals surface area contributed by atoms with Gasteiger partial charge in [0, 0.05) is 18.5 Å². The summed E-state index contributed by atoms with van der Waals surface area (Å²) in [6, 6.07) is 4.07. The molecule has 86 valence electrons. The fraction of sp³-hybridized carbons (Fsp3) is 0.556. The summed E-state index contributed by atoms with van der Waals surface area (Å²) in [5.41, 5.74) is 0.637. The van der Waals surface area contributed by atoms with Gasteiger partial charge in [-0.1, -0.05) is 0 Å². The molecule has 0 unspecified atom stereocenters. The molecule has 0 bridgehead atoms. The van der Waals surface area contributed by atoms with Gasteiger partial charge in [0.15, 0.2) is 11.5 Å². The van der Waals surface area contributed by atoms with Crippen LogP contribution in [0.4, 0.5) is 5.82 Å². The van der Waals surface area contributed by atoms with Gasteiger partial charge >= 0.3 is 0 Å². The Kier molecular flexibility index (Phi) is 3.19. The Morgan fingerprint density at radius 3 is 2.94 bits per heavy atom. The van der Waals surface area contributed by atoms with Crippen LogP contribution in [0.5, 0.6) is 0 Å². The van der Waals surface area contributed by atoms with Gasteiger partial charge in [-0.2, -0.15) is 0 Å². The third kappa shape index (κ3) is 2.06. The second kappa shape index (κ2) is 4.61. The van der Waals surface area contributed by atoms with E-state index in [2.05, 4.69) is 39.4 Å². The molecule has 0 atom stereocenters. The van der Waals surface area contributed by atoms with Gasteiger partial charge in [-0.05, 0) is 36.4 Å². The van der Waals surface area contributed by atoms with Crippen LogP contribution < -0.4 is 4.90 Å². The minimum absolute atomic E-state index is 0.334. The van der Waals surface area contributed by atoms with E-state index >= 15 is 0 Å². The number of hydrogen-bond acceptors (Lipinski definition) is 5. The van der Waals surface area contributed by atoms with Gasteiger partial charge in [0.2, 0.25) is 0 Å². The molecule has 0 N–H and O–H groups in total. The zero-order chi connectivity index (χ0) is 11.5. The minimum atomic E-state index is 0.334. The molecule has 6 nitrogen and oxygen atoms in total. The van der Waals surface area contributed by atoms with E-state index in [0.29, 0.717) is 17.6 Å². The van der Waals surface area contributed by atoms with Crippen molar-refractivity contribution < 1.29 is 0 Å². The first kappa shape index (κ1) is 11.1. The van der Waals surface area contributed by atoms with Crippen LogP contribution in [0.3, 0.4) is 0 Å². The number of hydrogen-bond donors (Lipinski definition) is 0. The molecule has 0 aliphatic rings. The van der Waals surface area contributed by atoms with Gasteiger partial charge < -0.3 is 4.90 Å². The van der Waals surface area contributed by atoms with E-state index in [-0.39, 0.29) is 0 Å². The number of halogens is 1. The number of tetrazole rings is 1. The van der Waals surface area contributed by atoms with Crippen LogP contribution in [0.2, 0.25) is 0 Å². The molecule has 16 heavy (non-hydrogen) atoms. The van der Waals surface area contributed by atoms with Gasteiger partial charge in [0.05, 0.1) is 0 Å². The predicted molar refractivity (Wildman–Crippen MR) is 61.8 cm³/mol. The van der Waals surface area contributed by atoms with Crippen molar-refractivity contribution in [2.24, 2.45) is 0 Å². The molecule has 0 saturated heterocycles. The highest BCUT2D eigenvalue weighted by atomic mass is 35.5. The Labute approximate surface area is 98.2 Å². The molecule has 0 spiro atoms. The normalized spacial score (nSPS) is 11.2. The lowest BCUT2D eigenvalue weighted by atomic mass is 10.3. The lowest BCUT2D eigenvalue weighted by molar-refractivity contribution is 0.663. The topological polar surface area (TPSA) is 59.2 Å². The second-order valence-corrected chi connectivity index (χ2v) is 4.07. The van der Waals surface area contributed by atoms with Gasteiger partial charge in [-0.15, -0.1) is 26.4 Å². The molecule has 2 heterocycles. The number of anilines is 1. The summed E-state index contributed by atoms with van der Waals surface area (Å²) in [7, 11) is 0. The van der Waals surface area contributed by atoms with E-state index in [1.165, 1.54) is 4.63 Å². The lowest BCUT2D eigenvalue weighted by Crippen LogP contribution is -2.33. The van der Waals surface area contributed by atoms with Gasteiger partial charge in [0.1, 0.15) is 0 Å². The number of alkyl halides is 1. The highest BCUT2D eigenvalue weighted by Crippen LogP contribution is 2.13. The van der Waals surface area contributed by atoms with Crippen molar-refractivity contribution in [1.29, 1.82) is 0 Å². The first-order chi connectivity index (χ1) is 7.72. The van der Waals surface area contributed by atoms with Gasteiger partial charge in [-0.25, -0.2) is 0 Å². The first-order valence-corrected chi connectivity index (χ1v) is 5.64. The molecule has 0 aliphatic heterocycles. The van der Waals surface area contributed by atoms with Crippen LogP contribution >= 0.6 is 11.6 Å². The minimum Gasteiger partial charge on any atom is -0.352 e. The van der Waals surface area contributed by atoms with Crippen LogP contribution in [0.1, 0.15) is 13.8 Å². The Morgan fingerprint density at radius 2 is 2.25 bits per heavy atom. The molecule has 0 amide bonds. The van der Waals surface area contributed by atoms with E-state index in [0.717, 1.165) is 12.4 Å². The van der Waals surface area contributed by atoms with Gasteiger partial charge in [-0.3, -0.25) is 0 Å². The van der Waals surface area contributed by atoms with Crippen molar-refractivity contribution in [3.05, 3.63) is 12.1 Å². The number of rotatable bonds is 4. The maximum Gasteiger partial charge on any atom is 0.200 e. The Morgan fingerprint density at radius 1 is 1.44 bits per heavy atom. The first-order valence-electron chi connectivity index (χ1n) is 5.10. The molecule has 0 saturated carbocycles. The van der Waals surface area contributed by atoms with Crippen LogP contribution in [0.15, 0.2) is 12.1 Å². The molecular formula is C9H13ClN6. The lowest BCUT2D eigenvalue weighted by Gasteiger charge is -2.26. The second-order valence-electron chi connectivity index (χ2n) is 3.69. The van der Waals surface area contributed by atoms with Gasteiger partial charge in [0.25, 0.3) is 0 Å². The molecule has 7 heteroatoms. The average molecular weight is 241 g/mol. The summed E-state index contributed by atoms with van der Waals surface area (Å²) in [4.78, 5) is 2.11. The summed E-state index contributed by atoms with van der Waals surface area (Å²) in [5, 5.41) is 15.4. The average Bonchev–Trinajstić information content (AvgIpc) is 2.72. The van der Waals surface area contributed by atoms with Crippen LogP contribution in [-0.4, -0.2) is 43.7 Å². The molecule has 2 aromatic heterocycles. The summed E-state index contributed by atoms with van der Waals surface area (Å²) in [6.07, 6.45) is 0. The van der Waals surface area contributed by atoms with E-state index in [9.17, 15) is 0 Å². The molecule has 0 fully saturated rings. The standard InChI is InChI=1S/C9H13ClN6/c1-7(2)15(6-5-10)9-4-3-8-11-13-14-16(8)12-9/h3-4,7H,5-6H2,1-2H3. The largest absolute Gasteiger partial charge is 0.352 e. The van der Waals surface area contributed by atoms with E-state index in [1.807, 2.05) is 12.1 Å². The summed E-state index contributed by atoms with van der Waals surface area (Å²) >= 11 is 5.77. The molecular weight excluding hydrogens is 228 g/mol. The quantitative estimate of drug-likeness (QED) is 0.746. The van der Waals surface area contributed by atoms with Crippen molar-refractivity contribution in [3.8, 4) is 0 Å². The molecule has 0 aliphatic carbocycles. The highest BCUT2D eigenvalue weighted by molar-refractivity contribution is 6.18. The van der Waals surface area contributed by atoms with Crippen molar-refractivity contribution in [2.75, 3.05) is 17.3 Å². The van der Waals surface area contributed by atoms with Crippen LogP contribution in [0, 0.1) is 0 Å². The van der Waals surface area contributed by atoms with Crippen molar-refractivity contribution >= 4 is 23.1 Å². The van der Waals surface area contributed by atoms with E-state index in [1.54, 1.807) is 0 Å². The SMILES string of the molecule is CC(C)N(CCCl)c1ccc2nnnn2n1. The third-order valence-electron chi connectivity index (χ3n) is 2.30. The summed E-state index contributed by atoms with van der Waals surface area (Å²) < 4.78 is 1.42.